The lowest BCUT2D eigenvalue weighted by molar-refractivity contribution is -0.140. The molecule has 0 amide bonds. The second-order valence-corrected chi connectivity index (χ2v) is 7.87. The number of thiazole rings is 1. The van der Waals surface area contributed by atoms with Crippen molar-refractivity contribution in [2.75, 3.05) is 5.75 Å². The zero-order chi connectivity index (χ0) is 20.1. The maximum absolute atomic E-state index is 11.9. The molecule has 2 aromatic carbocycles. The largest absolute Gasteiger partial charge is 0.411 e. The number of fused-ring (bicyclic) bond motifs is 1. The number of rotatable bonds is 7. The molecule has 4 aromatic rings. The van der Waals surface area contributed by atoms with Gasteiger partial charge in [0.25, 0.3) is 5.22 Å². The Morgan fingerprint density at radius 3 is 2.76 bits per heavy atom. The van der Waals surface area contributed by atoms with Gasteiger partial charge in [0, 0.05) is 5.56 Å². The molecule has 146 valence electrons. The standard InChI is InChI=1S/C19H15N5O3S2/c20-15(10-16-21-13-8-4-5-9-14(13)29-16)24-27-17(25)11-28-19-23-22-18(26-19)12-6-2-1-3-7-12/h1-9H,10-11H2,(H2,20,24). The minimum atomic E-state index is -0.568. The molecule has 2 N–H and O–H groups in total. The highest BCUT2D eigenvalue weighted by Gasteiger charge is 2.12. The van der Waals surface area contributed by atoms with E-state index in [2.05, 4.69) is 20.3 Å². The molecule has 2 aromatic heterocycles. The second kappa shape index (κ2) is 8.84. The predicted octanol–water partition coefficient (Wildman–Crippen LogP) is 3.50. The lowest BCUT2D eigenvalue weighted by atomic mass is 10.2. The van der Waals surface area contributed by atoms with Gasteiger partial charge in [-0.1, -0.05) is 47.2 Å². The van der Waals surface area contributed by atoms with Gasteiger partial charge >= 0.3 is 5.97 Å². The number of thioether (sulfide) groups is 1. The summed E-state index contributed by atoms with van der Waals surface area (Å²) in [5, 5.41) is 12.6. The third kappa shape index (κ3) is 4.98. The average molecular weight is 425 g/mol. The summed E-state index contributed by atoms with van der Waals surface area (Å²) in [4.78, 5) is 21.2. The van der Waals surface area contributed by atoms with E-state index in [4.69, 9.17) is 15.0 Å². The molecule has 0 aliphatic carbocycles. The van der Waals surface area contributed by atoms with E-state index < -0.39 is 5.97 Å². The van der Waals surface area contributed by atoms with E-state index in [0.717, 1.165) is 32.5 Å². The zero-order valence-corrected chi connectivity index (χ0v) is 16.7. The third-order valence-electron chi connectivity index (χ3n) is 3.68. The van der Waals surface area contributed by atoms with Crippen molar-refractivity contribution >= 4 is 45.1 Å². The first-order valence-electron chi connectivity index (χ1n) is 8.56. The van der Waals surface area contributed by atoms with Crippen LogP contribution in [-0.2, 0) is 16.1 Å². The van der Waals surface area contributed by atoms with E-state index in [1.54, 1.807) is 0 Å². The third-order valence-corrected chi connectivity index (χ3v) is 5.50. The van der Waals surface area contributed by atoms with Crippen LogP contribution in [0.15, 0.2) is 69.4 Å². The highest BCUT2D eigenvalue weighted by Crippen LogP contribution is 2.23. The van der Waals surface area contributed by atoms with Gasteiger partial charge in [-0.2, -0.15) is 0 Å². The fourth-order valence-electron chi connectivity index (χ4n) is 2.40. The molecule has 0 spiro atoms. The van der Waals surface area contributed by atoms with Crippen LogP contribution in [0.2, 0.25) is 0 Å². The highest BCUT2D eigenvalue weighted by molar-refractivity contribution is 7.99. The van der Waals surface area contributed by atoms with Gasteiger partial charge in [0.15, 0.2) is 0 Å². The Morgan fingerprint density at radius 1 is 1.14 bits per heavy atom. The Kier molecular flexibility index (Phi) is 5.82. The number of hydrogen-bond acceptors (Lipinski definition) is 9. The van der Waals surface area contributed by atoms with Crippen LogP contribution in [0.3, 0.4) is 0 Å². The number of carbonyl (C=O) groups excluding carboxylic acids is 1. The van der Waals surface area contributed by atoms with Gasteiger partial charge in [-0.15, -0.1) is 21.5 Å². The molecule has 8 nitrogen and oxygen atoms in total. The first-order chi connectivity index (χ1) is 14.2. The van der Waals surface area contributed by atoms with E-state index in [0.29, 0.717) is 12.3 Å². The topological polar surface area (TPSA) is 116 Å². The van der Waals surface area contributed by atoms with Crippen molar-refractivity contribution in [1.29, 1.82) is 0 Å². The summed E-state index contributed by atoms with van der Waals surface area (Å²) in [7, 11) is 0. The van der Waals surface area contributed by atoms with Gasteiger partial charge in [-0.3, -0.25) is 0 Å². The molecule has 2 heterocycles. The molecule has 0 aliphatic heterocycles. The summed E-state index contributed by atoms with van der Waals surface area (Å²) in [6, 6.07) is 17.2. The van der Waals surface area contributed by atoms with Crippen molar-refractivity contribution in [2.24, 2.45) is 10.9 Å². The van der Waals surface area contributed by atoms with Crippen molar-refractivity contribution in [3.63, 3.8) is 0 Å². The molecular weight excluding hydrogens is 410 g/mol. The average Bonchev–Trinajstić information content (AvgIpc) is 3.38. The van der Waals surface area contributed by atoms with Gasteiger partial charge in [0.2, 0.25) is 5.89 Å². The Morgan fingerprint density at radius 2 is 1.93 bits per heavy atom. The van der Waals surface area contributed by atoms with E-state index >= 15 is 0 Å². The van der Waals surface area contributed by atoms with Gasteiger partial charge in [-0.05, 0) is 24.3 Å². The Bertz CT molecular complexity index is 1120. The zero-order valence-electron chi connectivity index (χ0n) is 15.0. The number of benzene rings is 2. The summed E-state index contributed by atoms with van der Waals surface area (Å²) < 4.78 is 6.59. The fraction of sp³-hybridized carbons (Fsp3) is 0.105. The number of carbonyl (C=O) groups is 1. The van der Waals surface area contributed by atoms with Crippen molar-refractivity contribution in [3.05, 3.63) is 59.6 Å². The number of amidine groups is 1. The maximum Gasteiger partial charge on any atom is 0.345 e. The van der Waals surface area contributed by atoms with Crippen LogP contribution in [0.4, 0.5) is 0 Å². The smallest absolute Gasteiger partial charge is 0.345 e. The number of hydrogen-bond donors (Lipinski definition) is 1. The van der Waals surface area contributed by atoms with Crippen molar-refractivity contribution in [1.82, 2.24) is 15.2 Å². The fourth-order valence-corrected chi connectivity index (χ4v) is 3.92. The monoisotopic (exact) mass is 425 g/mol. The maximum atomic E-state index is 11.9. The van der Waals surface area contributed by atoms with Crippen LogP contribution in [0.1, 0.15) is 5.01 Å². The Balaban J connectivity index is 1.27. The number of nitrogens with zero attached hydrogens (tertiary/aromatic N) is 4. The molecule has 0 saturated heterocycles. The lowest BCUT2D eigenvalue weighted by Crippen LogP contribution is -2.17. The van der Waals surface area contributed by atoms with Crippen molar-refractivity contribution in [2.45, 2.75) is 11.6 Å². The first-order valence-corrected chi connectivity index (χ1v) is 10.4. The van der Waals surface area contributed by atoms with Gasteiger partial charge in [0.05, 0.1) is 16.6 Å². The van der Waals surface area contributed by atoms with Gasteiger partial charge in [0.1, 0.15) is 16.6 Å². The molecule has 4 rings (SSSR count). The van der Waals surface area contributed by atoms with E-state index in [-0.39, 0.29) is 16.8 Å². The summed E-state index contributed by atoms with van der Waals surface area (Å²) in [5.74, 6) is -0.0400. The van der Waals surface area contributed by atoms with Gasteiger partial charge < -0.3 is 15.0 Å². The van der Waals surface area contributed by atoms with E-state index in [1.165, 1.54) is 11.3 Å². The van der Waals surface area contributed by atoms with Crippen molar-refractivity contribution < 1.29 is 14.0 Å². The minimum absolute atomic E-state index is 0.0334. The summed E-state index contributed by atoms with van der Waals surface area (Å²) in [6.45, 7) is 0. The molecule has 0 saturated carbocycles. The molecule has 0 fully saturated rings. The number of para-hydroxylation sites is 1. The Labute approximate surface area is 173 Å². The number of oxime groups is 1. The van der Waals surface area contributed by atoms with Crippen LogP contribution in [0.5, 0.6) is 0 Å². The van der Waals surface area contributed by atoms with Crippen molar-refractivity contribution in [3.8, 4) is 11.5 Å². The molecule has 0 radical (unpaired) electrons. The van der Waals surface area contributed by atoms with Crippen LogP contribution in [-0.4, -0.2) is 32.7 Å². The normalized spacial score (nSPS) is 11.7. The van der Waals surface area contributed by atoms with Crippen LogP contribution in [0, 0.1) is 0 Å². The van der Waals surface area contributed by atoms with Crippen LogP contribution < -0.4 is 5.73 Å². The molecule has 0 aliphatic rings. The van der Waals surface area contributed by atoms with Gasteiger partial charge in [-0.25, -0.2) is 9.78 Å². The molecular formula is C19H15N5O3S2. The van der Waals surface area contributed by atoms with E-state index in [9.17, 15) is 4.79 Å². The number of nitrogens with two attached hydrogens (primary N) is 1. The molecule has 10 heteroatoms. The Hall–Kier alpha value is -3.24. The van der Waals surface area contributed by atoms with Crippen LogP contribution >= 0.6 is 23.1 Å². The van der Waals surface area contributed by atoms with Crippen LogP contribution in [0.25, 0.3) is 21.7 Å². The summed E-state index contributed by atoms with van der Waals surface area (Å²) >= 11 is 2.59. The summed E-state index contributed by atoms with van der Waals surface area (Å²) in [6.07, 6.45) is 0.309. The van der Waals surface area contributed by atoms with E-state index in [1.807, 2.05) is 54.6 Å². The highest BCUT2D eigenvalue weighted by atomic mass is 32.2. The molecule has 0 bridgehead atoms. The SMILES string of the molecule is NC(Cc1nc2ccccc2s1)=NOC(=O)CSc1nnc(-c2ccccc2)o1. The quantitative estimate of drug-likeness (QED) is 0.157. The molecule has 0 atom stereocenters. The first kappa shape index (κ1) is 19.1. The predicted molar refractivity (Wildman–Crippen MR) is 111 cm³/mol. The number of aromatic nitrogens is 3. The molecule has 0 unspecified atom stereocenters. The lowest BCUT2D eigenvalue weighted by Gasteiger charge is -1.98. The second-order valence-electron chi connectivity index (χ2n) is 5.83. The minimum Gasteiger partial charge on any atom is -0.411 e. The summed E-state index contributed by atoms with van der Waals surface area (Å²) in [5.41, 5.74) is 7.56. The molecule has 29 heavy (non-hydrogen) atoms.